The van der Waals surface area contributed by atoms with Crippen LogP contribution in [0.2, 0.25) is 0 Å². The molecular weight excluding hydrogens is 466 g/mol. The molecule has 10 heteroatoms. The van der Waals surface area contributed by atoms with Crippen molar-refractivity contribution >= 4 is 22.5 Å². The van der Waals surface area contributed by atoms with E-state index in [4.69, 9.17) is 4.98 Å². The first kappa shape index (κ1) is 23.0. The number of H-pyrrole nitrogens is 1. The third-order valence-corrected chi connectivity index (χ3v) is 8.29. The van der Waals surface area contributed by atoms with Crippen LogP contribution >= 0.6 is 0 Å². The molecule has 3 heterocycles. The minimum atomic E-state index is -0.623. The van der Waals surface area contributed by atoms with Gasteiger partial charge in [0.05, 0.1) is 16.6 Å². The maximum absolute atomic E-state index is 14.6. The van der Waals surface area contributed by atoms with Crippen molar-refractivity contribution in [1.29, 1.82) is 0 Å². The van der Waals surface area contributed by atoms with Crippen LogP contribution in [-0.4, -0.2) is 65.5 Å². The van der Waals surface area contributed by atoms with Crippen LogP contribution in [0.5, 0.6) is 0 Å². The lowest BCUT2D eigenvalue weighted by atomic mass is 9.59. The number of hydrogen-bond donors (Lipinski definition) is 2. The number of aromatic amines is 1. The summed E-state index contributed by atoms with van der Waals surface area (Å²) >= 11 is 0. The molecule has 2 aromatic heterocycles. The number of carbonyl (C=O) groups excluding carboxylic acids is 1. The number of amides is 1. The number of halogens is 2. The van der Waals surface area contributed by atoms with Gasteiger partial charge in [-0.3, -0.25) is 14.5 Å². The van der Waals surface area contributed by atoms with E-state index in [1.165, 1.54) is 19.2 Å². The summed E-state index contributed by atoms with van der Waals surface area (Å²) < 4.78 is 28.1. The number of nitrogens with one attached hydrogen (secondary N) is 2. The number of carbonyl (C=O) groups is 1. The Morgan fingerprint density at radius 2 is 1.86 bits per heavy atom. The second-order valence-electron chi connectivity index (χ2n) is 10.6. The van der Waals surface area contributed by atoms with Crippen molar-refractivity contribution in [2.75, 3.05) is 44.7 Å². The van der Waals surface area contributed by atoms with Gasteiger partial charge in [-0.05, 0) is 61.4 Å². The zero-order valence-electron chi connectivity index (χ0n) is 20.1. The summed E-state index contributed by atoms with van der Waals surface area (Å²) in [7, 11) is 1.49. The van der Waals surface area contributed by atoms with E-state index in [2.05, 4.69) is 20.2 Å². The lowest BCUT2D eigenvalue weighted by Gasteiger charge is -2.50. The maximum atomic E-state index is 14.6. The second-order valence-corrected chi connectivity index (χ2v) is 10.6. The average molecular weight is 495 g/mol. The van der Waals surface area contributed by atoms with Crippen LogP contribution in [0.4, 0.5) is 14.5 Å². The first-order valence-corrected chi connectivity index (χ1v) is 12.4. The maximum Gasteiger partial charge on any atom is 0.269 e. The van der Waals surface area contributed by atoms with Crippen molar-refractivity contribution in [2.24, 2.45) is 5.41 Å². The molecule has 188 valence electrons. The molecule has 1 saturated heterocycles. The van der Waals surface area contributed by atoms with Crippen LogP contribution in [0.1, 0.15) is 42.0 Å². The van der Waals surface area contributed by atoms with Crippen molar-refractivity contribution in [3.05, 3.63) is 64.0 Å². The minimum Gasteiger partial charge on any atom is -0.365 e. The molecular formula is C26H28F2N6O2. The molecule has 3 aromatic rings. The third-order valence-electron chi connectivity index (χ3n) is 8.29. The summed E-state index contributed by atoms with van der Waals surface area (Å²) in [5.41, 5.74) is 0.853. The van der Waals surface area contributed by atoms with E-state index in [1.54, 1.807) is 18.2 Å². The fourth-order valence-corrected chi connectivity index (χ4v) is 6.62. The highest BCUT2D eigenvalue weighted by molar-refractivity contribution is 5.92. The molecule has 1 aromatic carbocycles. The summed E-state index contributed by atoms with van der Waals surface area (Å²) in [5.74, 6) is -0.742. The van der Waals surface area contributed by atoms with Crippen molar-refractivity contribution in [3.63, 3.8) is 0 Å². The van der Waals surface area contributed by atoms with Gasteiger partial charge in [-0.15, -0.1) is 0 Å². The molecule has 0 radical (unpaired) electrons. The Balaban J connectivity index is 1.10. The lowest BCUT2D eigenvalue weighted by molar-refractivity contribution is 0.0500. The van der Waals surface area contributed by atoms with Crippen LogP contribution in [0.3, 0.4) is 0 Å². The highest BCUT2D eigenvalue weighted by Crippen LogP contribution is 2.67. The Kier molecular flexibility index (Phi) is 5.33. The molecule has 2 bridgehead atoms. The smallest absolute Gasteiger partial charge is 0.269 e. The zero-order valence-corrected chi connectivity index (χ0v) is 20.1. The number of benzene rings is 1. The summed E-state index contributed by atoms with van der Waals surface area (Å²) in [6.45, 7) is 4.00. The topological polar surface area (TPSA) is 94.2 Å². The number of rotatable bonds is 5. The van der Waals surface area contributed by atoms with Crippen LogP contribution < -0.4 is 15.8 Å². The number of pyridine rings is 1. The van der Waals surface area contributed by atoms with E-state index < -0.39 is 17.7 Å². The molecule has 36 heavy (non-hydrogen) atoms. The van der Waals surface area contributed by atoms with E-state index in [-0.39, 0.29) is 27.5 Å². The fraction of sp³-hybridized carbons (Fsp3) is 0.462. The summed E-state index contributed by atoms with van der Waals surface area (Å²) in [6, 6.07) is 7.33. The van der Waals surface area contributed by atoms with E-state index in [0.717, 1.165) is 51.1 Å². The Bertz CT molecular complexity index is 1410. The Morgan fingerprint density at radius 3 is 2.58 bits per heavy atom. The molecule has 0 spiro atoms. The predicted octanol–water partition coefficient (Wildman–Crippen LogP) is 2.59. The number of nitrogens with zero attached hydrogens (tertiary/aromatic N) is 4. The first-order valence-electron chi connectivity index (χ1n) is 12.4. The number of anilines is 1. The van der Waals surface area contributed by atoms with Gasteiger partial charge in [-0.2, -0.15) is 4.39 Å². The highest BCUT2D eigenvalue weighted by atomic mass is 19.1. The monoisotopic (exact) mass is 494 g/mol. The first-order chi connectivity index (χ1) is 17.3. The van der Waals surface area contributed by atoms with Gasteiger partial charge in [0, 0.05) is 45.2 Å². The van der Waals surface area contributed by atoms with Crippen molar-refractivity contribution in [1.82, 2.24) is 25.2 Å². The van der Waals surface area contributed by atoms with Gasteiger partial charge in [0.25, 0.3) is 11.5 Å². The summed E-state index contributed by atoms with van der Waals surface area (Å²) in [6.07, 6.45) is 4.03. The number of hydrogen-bond acceptors (Lipinski definition) is 6. The molecule has 3 saturated carbocycles. The summed E-state index contributed by atoms with van der Waals surface area (Å²) in [4.78, 5) is 40.2. The standard InChI is InChI=1S/C26H28F2N6O2/c1-29-23(36)19-4-5-20(21(28)30-19)34-10-8-33(9-11-34)15-25-6-7-26(13-25,14-25)24-31-18-3-2-16(27)12-17(18)22(35)32-24/h2-5,12H,6-11,13-15H2,1H3,(H,29,36)(H,31,32,35). The van der Waals surface area contributed by atoms with Crippen LogP contribution in [-0.2, 0) is 5.41 Å². The molecule has 1 amide bonds. The highest BCUT2D eigenvalue weighted by Gasteiger charge is 2.62. The summed E-state index contributed by atoms with van der Waals surface area (Å²) in [5, 5.41) is 2.74. The quantitative estimate of drug-likeness (QED) is 0.530. The van der Waals surface area contributed by atoms with Crippen LogP contribution in [0, 0.1) is 17.2 Å². The molecule has 4 aliphatic rings. The molecule has 0 atom stereocenters. The second kappa shape index (κ2) is 8.33. The van der Waals surface area contributed by atoms with Gasteiger partial charge in [0.1, 0.15) is 17.3 Å². The molecule has 0 unspecified atom stereocenters. The Morgan fingerprint density at radius 1 is 1.08 bits per heavy atom. The van der Waals surface area contributed by atoms with Crippen molar-refractivity contribution in [3.8, 4) is 0 Å². The lowest BCUT2D eigenvalue weighted by Crippen LogP contribution is -2.53. The van der Waals surface area contributed by atoms with Crippen molar-refractivity contribution in [2.45, 2.75) is 31.1 Å². The molecule has 8 nitrogen and oxygen atoms in total. The Labute approximate surface area is 206 Å². The van der Waals surface area contributed by atoms with Crippen molar-refractivity contribution < 1.29 is 13.6 Å². The molecule has 2 N–H and O–H groups in total. The van der Waals surface area contributed by atoms with Gasteiger partial charge in [-0.1, -0.05) is 0 Å². The van der Waals surface area contributed by atoms with Gasteiger partial charge in [-0.25, -0.2) is 14.4 Å². The number of fused-ring (bicyclic) bond motifs is 2. The Hall–Kier alpha value is -3.40. The van der Waals surface area contributed by atoms with Gasteiger partial charge >= 0.3 is 0 Å². The van der Waals surface area contributed by atoms with Gasteiger partial charge in [0.2, 0.25) is 5.95 Å². The van der Waals surface area contributed by atoms with Gasteiger partial charge in [0.15, 0.2) is 0 Å². The van der Waals surface area contributed by atoms with Gasteiger partial charge < -0.3 is 15.2 Å². The van der Waals surface area contributed by atoms with E-state index >= 15 is 0 Å². The molecule has 1 aliphatic heterocycles. The number of piperazine rings is 1. The van der Waals surface area contributed by atoms with E-state index in [0.29, 0.717) is 24.3 Å². The largest absolute Gasteiger partial charge is 0.365 e. The minimum absolute atomic E-state index is 0.0700. The van der Waals surface area contributed by atoms with E-state index in [1.807, 2.05) is 4.90 Å². The number of aromatic nitrogens is 3. The van der Waals surface area contributed by atoms with Crippen LogP contribution in [0.25, 0.3) is 10.9 Å². The average Bonchev–Trinajstić information content (AvgIpc) is 3.41. The molecule has 3 aliphatic carbocycles. The molecule has 4 fully saturated rings. The van der Waals surface area contributed by atoms with E-state index in [9.17, 15) is 18.4 Å². The normalized spacial score (nSPS) is 25.7. The van der Waals surface area contributed by atoms with Crippen LogP contribution in [0.15, 0.2) is 35.1 Å². The SMILES string of the molecule is CNC(=O)c1ccc(N2CCN(CC34CCC(c5nc6ccc(F)cc6c(=O)[nH]5)(C3)C4)CC2)c(F)n1. The molecule has 7 rings (SSSR count). The third kappa shape index (κ3) is 3.75. The predicted molar refractivity (Wildman–Crippen MR) is 131 cm³/mol. The zero-order chi connectivity index (χ0) is 25.1. The fourth-order valence-electron chi connectivity index (χ4n) is 6.62.